The number of hydrogen-bond acceptors (Lipinski definition) is 3. The lowest BCUT2D eigenvalue weighted by molar-refractivity contribution is 0.781. The van der Waals surface area contributed by atoms with Crippen LogP contribution in [0, 0.1) is 0 Å². The van der Waals surface area contributed by atoms with Gasteiger partial charge in [0, 0.05) is 36.0 Å². The number of alkyl halides is 1. The molecule has 0 aromatic carbocycles. The highest BCUT2D eigenvalue weighted by molar-refractivity contribution is 8.00. The molecule has 0 N–H and O–H groups in total. The van der Waals surface area contributed by atoms with Gasteiger partial charge >= 0.3 is 0 Å². The normalized spacial score (nSPS) is 21.7. The average molecular weight is 243 g/mol. The molecule has 1 fully saturated rings. The molecule has 0 spiro atoms. The Labute approximate surface area is 100 Å². The van der Waals surface area contributed by atoms with Crippen molar-refractivity contribution < 1.29 is 0 Å². The van der Waals surface area contributed by atoms with E-state index in [1.54, 1.807) is 0 Å². The van der Waals surface area contributed by atoms with Gasteiger partial charge in [-0.15, -0.1) is 11.6 Å². The van der Waals surface area contributed by atoms with E-state index in [0.717, 1.165) is 18.8 Å². The Morgan fingerprint density at radius 1 is 1.67 bits per heavy atom. The van der Waals surface area contributed by atoms with Crippen LogP contribution in [0.4, 0.5) is 5.69 Å². The maximum Gasteiger partial charge on any atom is 0.0648 e. The van der Waals surface area contributed by atoms with E-state index in [1.165, 1.54) is 11.4 Å². The molecule has 2 nitrogen and oxygen atoms in total. The summed E-state index contributed by atoms with van der Waals surface area (Å²) in [7, 11) is 0. The minimum absolute atomic E-state index is 0.492. The molecule has 82 valence electrons. The maximum absolute atomic E-state index is 5.78. The monoisotopic (exact) mass is 242 g/mol. The van der Waals surface area contributed by atoms with Gasteiger partial charge in [0.05, 0.1) is 11.6 Å². The van der Waals surface area contributed by atoms with E-state index in [2.05, 4.69) is 28.9 Å². The quantitative estimate of drug-likeness (QED) is 0.742. The van der Waals surface area contributed by atoms with Crippen LogP contribution in [-0.2, 0) is 5.88 Å². The third-order valence-corrected chi connectivity index (χ3v) is 3.95. The first-order valence-electron chi connectivity index (χ1n) is 5.17. The summed E-state index contributed by atoms with van der Waals surface area (Å²) in [6.45, 7) is 4.53. The Balaban J connectivity index is 2.13. The summed E-state index contributed by atoms with van der Waals surface area (Å²) in [6, 6.07) is 4.16. The maximum atomic E-state index is 5.78. The van der Waals surface area contributed by atoms with Gasteiger partial charge in [0.1, 0.15) is 0 Å². The second-order valence-electron chi connectivity index (χ2n) is 3.77. The SMILES string of the molecule is CC1CN(c2ccnc(CCl)c2)CCS1. The predicted molar refractivity (Wildman–Crippen MR) is 67.9 cm³/mol. The standard InChI is InChI=1S/C11H15ClN2S/c1-9-8-14(4-5-15-9)11-2-3-13-10(6-11)7-12/h2-3,6,9H,4-5,7-8H2,1H3. The van der Waals surface area contributed by atoms with Crippen LogP contribution in [0.25, 0.3) is 0 Å². The van der Waals surface area contributed by atoms with Crippen LogP contribution in [0.2, 0.25) is 0 Å². The number of anilines is 1. The summed E-state index contributed by atoms with van der Waals surface area (Å²) >= 11 is 7.82. The van der Waals surface area contributed by atoms with Crippen molar-refractivity contribution in [3.63, 3.8) is 0 Å². The van der Waals surface area contributed by atoms with Crippen molar-refractivity contribution in [2.45, 2.75) is 18.1 Å². The molecule has 0 aliphatic carbocycles. The van der Waals surface area contributed by atoms with Gasteiger partial charge in [-0.2, -0.15) is 11.8 Å². The number of nitrogens with zero attached hydrogens (tertiary/aromatic N) is 2. The highest BCUT2D eigenvalue weighted by Crippen LogP contribution is 2.23. The molecule has 0 amide bonds. The van der Waals surface area contributed by atoms with Gasteiger partial charge in [-0.05, 0) is 12.1 Å². The minimum atomic E-state index is 0.492. The molecule has 4 heteroatoms. The zero-order valence-electron chi connectivity index (χ0n) is 8.82. The lowest BCUT2D eigenvalue weighted by atomic mass is 10.2. The topological polar surface area (TPSA) is 16.1 Å². The lowest BCUT2D eigenvalue weighted by Gasteiger charge is -2.32. The summed E-state index contributed by atoms with van der Waals surface area (Å²) in [6.07, 6.45) is 1.85. The second kappa shape index (κ2) is 5.08. The molecule has 0 radical (unpaired) electrons. The number of halogens is 1. The molecule has 0 bridgehead atoms. The third-order valence-electron chi connectivity index (χ3n) is 2.54. The van der Waals surface area contributed by atoms with Gasteiger partial charge < -0.3 is 4.90 Å². The van der Waals surface area contributed by atoms with E-state index in [9.17, 15) is 0 Å². The molecule has 2 rings (SSSR count). The van der Waals surface area contributed by atoms with Gasteiger partial charge in [-0.1, -0.05) is 6.92 Å². The zero-order chi connectivity index (χ0) is 10.7. The van der Waals surface area contributed by atoms with Crippen molar-refractivity contribution >= 4 is 29.1 Å². The molecule has 1 aliphatic heterocycles. The fraction of sp³-hybridized carbons (Fsp3) is 0.545. The van der Waals surface area contributed by atoms with Crippen LogP contribution >= 0.6 is 23.4 Å². The summed E-state index contributed by atoms with van der Waals surface area (Å²) in [5.74, 6) is 1.70. The smallest absolute Gasteiger partial charge is 0.0648 e. The number of aromatic nitrogens is 1. The van der Waals surface area contributed by atoms with Crippen LogP contribution in [0.3, 0.4) is 0 Å². The number of thioether (sulfide) groups is 1. The average Bonchev–Trinajstić information content (AvgIpc) is 2.29. The Kier molecular flexibility index (Phi) is 3.76. The summed E-state index contributed by atoms with van der Waals surface area (Å²) in [5, 5.41) is 0.714. The highest BCUT2D eigenvalue weighted by atomic mass is 35.5. The van der Waals surface area contributed by atoms with Crippen LogP contribution in [0.5, 0.6) is 0 Å². The zero-order valence-corrected chi connectivity index (χ0v) is 10.4. The van der Waals surface area contributed by atoms with E-state index < -0.39 is 0 Å². The fourth-order valence-electron chi connectivity index (χ4n) is 1.79. The highest BCUT2D eigenvalue weighted by Gasteiger charge is 2.16. The van der Waals surface area contributed by atoms with Crippen molar-refractivity contribution in [3.05, 3.63) is 24.0 Å². The van der Waals surface area contributed by atoms with E-state index in [4.69, 9.17) is 11.6 Å². The fourth-order valence-corrected chi connectivity index (χ4v) is 2.95. The van der Waals surface area contributed by atoms with Crippen LogP contribution in [0.15, 0.2) is 18.3 Å². The molecule has 1 aromatic rings. The van der Waals surface area contributed by atoms with Crippen molar-refractivity contribution in [1.29, 1.82) is 0 Å². The molecular weight excluding hydrogens is 228 g/mol. The van der Waals surface area contributed by atoms with Gasteiger partial charge in [0.2, 0.25) is 0 Å². The van der Waals surface area contributed by atoms with Gasteiger partial charge in [0.25, 0.3) is 0 Å². The van der Waals surface area contributed by atoms with Gasteiger partial charge in [0.15, 0.2) is 0 Å². The minimum Gasteiger partial charge on any atom is -0.370 e. The number of rotatable bonds is 2. The first kappa shape index (κ1) is 11.1. The van der Waals surface area contributed by atoms with Gasteiger partial charge in [-0.3, -0.25) is 4.98 Å². The van der Waals surface area contributed by atoms with Crippen molar-refractivity contribution in [3.8, 4) is 0 Å². The van der Waals surface area contributed by atoms with E-state index in [1.807, 2.05) is 18.0 Å². The Morgan fingerprint density at radius 2 is 2.53 bits per heavy atom. The summed E-state index contributed by atoms with van der Waals surface area (Å²) in [4.78, 5) is 6.62. The molecule has 2 heterocycles. The van der Waals surface area contributed by atoms with E-state index in [0.29, 0.717) is 11.1 Å². The van der Waals surface area contributed by atoms with Crippen molar-refractivity contribution in [2.75, 3.05) is 23.7 Å². The second-order valence-corrected chi connectivity index (χ2v) is 5.58. The lowest BCUT2D eigenvalue weighted by Crippen LogP contribution is -2.36. The first-order valence-corrected chi connectivity index (χ1v) is 6.75. The summed E-state index contributed by atoms with van der Waals surface area (Å²) in [5.41, 5.74) is 2.22. The molecule has 1 unspecified atom stereocenters. The van der Waals surface area contributed by atoms with Crippen LogP contribution < -0.4 is 4.90 Å². The van der Waals surface area contributed by atoms with Crippen LogP contribution in [0.1, 0.15) is 12.6 Å². The number of pyridine rings is 1. The predicted octanol–water partition coefficient (Wildman–Crippen LogP) is 2.76. The summed E-state index contributed by atoms with van der Waals surface area (Å²) < 4.78 is 0. The van der Waals surface area contributed by atoms with E-state index in [-0.39, 0.29) is 0 Å². The molecule has 0 saturated carbocycles. The Morgan fingerprint density at radius 3 is 3.27 bits per heavy atom. The largest absolute Gasteiger partial charge is 0.370 e. The molecular formula is C11H15ClN2S. The van der Waals surface area contributed by atoms with Crippen LogP contribution in [-0.4, -0.2) is 29.1 Å². The van der Waals surface area contributed by atoms with Crippen molar-refractivity contribution in [2.24, 2.45) is 0 Å². The Hall–Kier alpha value is -0.410. The molecule has 15 heavy (non-hydrogen) atoms. The first-order chi connectivity index (χ1) is 7.29. The third kappa shape index (κ3) is 2.79. The molecule has 1 aromatic heterocycles. The number of hydrogen-bond donors (Lipinski definition) is 0. The van der Waals surface area contributed by atoms with Crippen molar-refractivity contribution in [1.82, 2.24) is 4.98 Å². The molecule has 1 aliphatic rings. The van der Waals surface area contributed by atoms with Gasteiger partial charge in [-0.25, -0.2) is 0 Å². The Bertz CT molecular complexity index is 332. The molecule has 1 atom stereocenters. The molecule has 1 saturated heterocycles. The van der Waals surface area contributed by atoms with E-state index >= 15 is 0 Å².